The van der Waals surface area contributed by atoms with Crippen LogP contribution in [0.5, 0.6) is 0 Å². The normalized spacial score (nSPS) is 21.7. The summed E-state index contributed by atoms with van der Waals surface area (Å²) in [6, 6.07) is 3.82. The fourth-order valence-corrected chi connectivity index (χ4v) is 2.60. The third kappa shape index (κ3) is 3.58. The van der Waals surface area contributed by atoms with Gasteiger partial charge in [-0.05, 0) is 30.9 Å². The largest absolute Gasteiger partial charge is 0.348 e. The Bertz CT molecular complexity index is 530. The number of amides is 1. The zero-order valence-electron chi connectivity index (χ0n) is 11.9. The Labute approximate surface area is 120 Å². The molecule has 1 amide bonds. The van der Waals surface area contributed by atoms with E-state index in [4.69, 9.17) is 5.73 Å². The summed E-state index contributed by atoms with van der Waals surface area (Å²) in [7, 11) is 0. The number of rotatable bonds is 2. The Hall–Kier alpha value is -1.86. The smallest absolute Gasteiger partial charge is 0.271 e. The Morgan fingerprint density at radius 3 is 3.05 bits per heavy atom. The Balaban J connectivity index is 2.12. The van der Waals surface area contributed by atoms with Gasteiger partial charge in [0.25, 0.3) is 5.91 Å². The van der Waals surface area contributed by atoms with Crippen molar-refractivity contribution >= 4 is 5.91 Å². The molecule has 4 heteroatoms. The zero-order valence-corrected chi connectivity index (χ0v) is 11.9. The first-order chi connectivity index (χ1) is 9.72. The molecule has 0 aliphatic heterocycles. The van der Waals surface area contributed by atoms with Crippen LogP contribution >= 0.6 is 0 Å². The molecule has 1 aromatic rings. The van der Waals surface area contributed by atoms with Crippen LogP contribution in [0.1, 0.15) is 48.7 Å². The summed E-state index contributed by atoms with van der Waals surface area (Å²) < 4.78 is 0. The summed E-state index contributed by atoms with van der Waals surface area (Å²) in [5, 5.41) is 3.10. The van der Waals surface area contributed by atoms with Crippen molar-refractivity contribution in [1.29, 1.82) is 0 Å². The van der Waals surface area contributed by atoms with E-state index in [0.717, 1.165) is 6.42 Å². The van der Waals surface area contributed by atoms with Gasteiger partial charge in [-0.25, -0.2) is 4.98 Å². The maximum Gasteiger partial charge on any atom is 0.271 e. The highest BCUT2D eigenvalue weighted by molar-refractivity contribution is 5.94. The highest BCUT2D eigenvalue weighted by Crippen LogP contribution is 2.24. The highest BCUT2D eigenvalue weighted by atomic mass is 16.1. The summed E-state index contributed by atoms with van der Waals surface area (Å²) in [5.41, 5.74) is 6.41. The molecule has 2 rings (SSSR count). The second kappa shape index (κ2) is 7.06. The van der Waals surface area contributed by atoms with Crippen molar-refractivity contribution in [3.05, 3.63) is 29.6 Å². The van der Waals surface area contributed by atoms with Crippen molar-refractivity contribution in [3.8, 4) is 11.8 Å². The van der Waals surface area contributed by atoms with Gasteiger partial charge >= 0.3 is 0 Å². The number of hydrogen-bond acceptors (Lipinski definition) is 3. The molecule has 1 heterocycles. The van der Waals surface area contributed by atoms with Crippen LogP contribution in [0, 0.1) is 17.8 Å². The molecule has 1 saturated carbocycles. The number of pyridine rings is 1. The average molecular weight is 271 g/mol. The summed E-state index contributed by atoms with van der Waals surface area (Å²) >= 11 is 0. The van der Waals surface area contributed by atoms with E-state index in [0.29, 0.717) is 17.2 Å². The number of nitrogens with two attached hydrogens (primary N) is 1. The minimum atomic E-state index is -0.134. The third-order valence-corrected chi connectivity index (χ3v) is 3.78. The number of carbonyl (C=O) groups is 1. The molecular weight excluding hydrogens is 250 g/mol. The second-order valence-corrected chi connectivity index (χ2v) is 5.25. The molecule has 1 aromatic heterocycles. The van der Waals surface area contributed by atoms with Gasteiger partial charge in [0.15, 0.2) is 0 Å². The van der Waals surface area contributed by atoms with Crippen LogP contribution in [0.4, 0.5) is 0 Å². The van der Waals surface area contributed by atoms with Gasteiger partial charge in [-0.2, -0.15) is 0 Å². The van der Waals surface area contributed by atoms with Gasteiger partial charge < -0.3 is 11.1 Å². The van der Waals surface area contributed by atoms with Crippen molar-refractivity contribution in [2.75, 3.05) is 6.54 Å². The fourth-order valence-electron chi connectivity index (χ4n) is 2.60. The molecule has 2 unspecified atom stereocenters. The fraction of sp³-hybridized carbons (Fsp3) is 0.500. The van der Waals surface area contributed by atoms with E-state index in [-0.39, 0.29) is 18.5 Å². The Morgan fingerprint density at radius 2 is 2.30 bits per heavy atom. The van der Waals surface area contributed by atoms with Crippen LogP contribution in [0.25, 0.3) is 0 Å². The van der Waals surface area contributed by atoms with Crippen LogP contribution in [0.3, 0.4) is 0 Å². The third-order valence-electron chi connectivity index (χ3n) is 3.78. The van der Waals surface area contributed by atoms with Crippen LogP contribution in [-0.4, -0.2) is 23.5 Å². The van der Waals surface area contributed by atoms with Gasteiger partial charge in [0, 0.05) is 12.2 Å². The molecule has 0 bridgehead atoms. The molecule has 1 aliphatic rings. The zero-order chi connectivity index (χ0) is 14.4. The molecule has 0 saturated heterocycles. The summed E-state index contributed by atoms with van der Waals surface area (Å²) in [4.78, 5) is 16.5. The van der Waals surface area contributed by atoms with Crippen molar-refractivity contribution in [2.24, 2.45) is 11.7 Å². The van der Waals surface area contributed by atoms with Crippen molar-refractivity contribution in [3.63, 3.8) is 0 Å². The van der Waals surface area contributed by atoms with Crippen LogP contribution in [0.2, 0.25) is 0 Å². The highest BCUT2D eigenvalue weighted by Gasteiger charge is 2.24. The van der Waals surface area contributed by atoms with E-state index < -0.39 is 0 Å². The van der Waals surface area contributed by atoms with Crippen LogP contribution in [-0.2, 0) is 0 Å². The molecule has 1 aliphatic carbocycles. The minimum absolute atomic E-state index is 0.134. The maximum absolute atomic E-state index is 12.4. The number of nitrogens with one attached hydrogen (secondary N) is 1. The topological polar surface area (TPSA) is 68.0 Å². The van der Waals surface area contributed by atoms with Crippen LogP contribution < -0.4 is 11.1 Å². The molecule has 3 N–H and O–H groups in total. The van der Waals surface area contributed by atoms with E-state index in [2.05, 4.69) is 29.1 Å². The summed E-state index contributed by atoms with van der Waals surface area (Å²) in [6.07, 6.45) is 6.27. The Morgan fingerprint density at radius 1 is 1.50 bits per heavy atom. The van der Waals surface area contributed by atoms with E-state index in [1.165, 1.54) is 19.3 Å². The number of nitrogens with zero attached hydrogens (tertiary/aromatic N) is 1. The number of hydrogen-bond donors (Lipinski definition) is 2. The lowest BCUT2D eigenvalue weighted by atomic mass is 9.86. The molecule has 106 valence electrons. The number of aromatic nitrogens is 1. The second-order valence-electron chi connectivity index (χ2n) is 5.25. The standard InChI is InChI=1S/C16H21N3O/c1-12-6-2-3-9-14(12)19-16(20)15-13(7-4-10-17)8-5-11-18-15/h5,8,11-12,14H,2-3,6,9-10,17H2,1H3,(H,19,20). The quantitative estimate of drug-likeness (QED) is 0.804. The van der Waals surface area contributed by atoms with Crippen molar-refractivity contribution in [2.45, 2.75) is 38.6 Å². The lowest BCUT2D eigenvalue weighted by molar-refractivity contribution is 0.0905. The average Bonchev–Trinajstić information content (AvgIpc) is 2.47. The summed E-state index contributed by atoms with van der Waals surface area (Å²) in [5.74, 6) is 6.06. The molecule has 0 aromatic carbocycles. The van der Waals surface area contributed by atoms with Crippen LogP contribution in [0.15, 0.2) is 18.3 Å². The molecule has 1 fully saturated rings. The monoisotopic (exact) mass is 271 g/mol. The van der Waals surface area contributed by atoms with Gasteiger partial charge in [0.2, 0.25) is 0 Å². The first kappa shape index (κ1) is 14.5. The van der Waals surface area contributed by atoms with Gasteiger partial charge in [-0.3, -0.25) is 4.79 Å². The van der Waals surface area contributed by atoms with Gasteiger partial charge in [0.05, 0.1) is 12.1 Å². The van der Waals surface area contributed by atoms with E-state index in [1.807, 2.05) is 0 Å². The predicted molar refractivity (Wildman–Crippen MR) is 79.1 cm³/mol. The van der Waals surface area contributed by atoms with E-state index in [1.54, 1.807) is 18.3 Å². The van der Waals surface area contributed by atoms with Crippen molar-refractivity contribution in [1.82, 2.24) is 10.3 Å². The lowest BCUT2D eigenvalue weighted by Crippen LogP contribution is -2.41. The Kier molecular flexibility index (Phi) is 5.14. The number of carbonyl (C=O) groups excluding carboxylic acids is 1. The molecule has 2 atom stereocenters. The SMILES string of the molecule is CC1CCCCC1NC(=O)c1ncccc1C#CCN. The van der Waals surface area contributed by atoms with E-state index >= 15 is 0 Å². The lowest BCUT2D eigenvalue weighted by Gasteiger charge is -2.29. The van der Waals surface area contributed by atoms with Crippen molar-refractivity contribution < 1.29 is 4.79 Å². The molecule has 20 heavy (non-hydrogen) atoms. The first-order valence-corrected chi connectivity index (χ1v) is 7.17. The first-order valence-electron chi connectivity index (χ1n) is 7.17. The molecule has 0 spiro atoms. The van der Waals surface area contributed by atoms with Gasteiger partial charge in [-0.1, -0.05) is 31.6 Å². The maximum atomic E-state index is 12.4. The molecule has 4 nitrogen and oxygen atoms in total. The van der Waals surface area contributed by atoms with Gasteiger partial charge in [-0.15, -0.1) is 0 Å². The predicted octanol–water partition coefficient (Wildman–Crippen LogP) is 1.70. The van der Waals surface area contributed by atoms with E-state index in [9.17, 15) is 4.79 Å². The summed E-state index contributed by atoms with van der Waals surface area (Å²) in [6.45, 7) is 2.47. The van der Waals surface area contributed by atoms with Gasteiger partial charge in [0.1, 0.15) is 5.69 Å². The molecule has 0 radical (unpaired) electrons. The minimum Gasteiger partial charge on any atom is -0.348 e. The molecular formula is C16H21N3O.